The lowest BCUT2D eigenvalue weighted by Crippen LogP contribution is -2.22. The Morgan fingerprint density at radius 1 is 1.47 bits per heavy atom. The number of pyridine rings is 1. The van der Waals surface area contributed by atoms with E-state index in [0.717, 1.165) is 30.8 Å². The van der Waals surface area contributed by atoms with E-state index in [0.29, 0.717) is 0 Å². The van der Waals surface area contributed by atoms with Crippen molar-refractivity contribution >= 4 is 5.69 Å². The zero-order valence-electron chi connectivity index (χ0n) is 10.9. The quantitative estimate of drug-likeness (QED) is 0.790. The van der Waals surface area contributed by atoms with Crippen LogP contribution in [0.15, 0.2) is 18.3 Å². The highest BCUT2D eigenvalue weighted by Crippen LogP contribution is 2.16. The number of anilines is 1. The minimum Gasteiger partial charge on any atom is -0.393 e. The molecule has 0 aromatic carbocycles. The fourth-order valence-electron chi connectivity index (χ4n) is 1.56. The molecule has 0 aliphatic carbocycles. The van der Waals surface area contributed by atoms with Crippen LogP contribution in [0.5, 0.6) is 0 Å². The summed E-state index contributed by atoms with van der Waals surface area (Å²) in [7, 11) is 2.00. The van der Waals surface area contributed by atoms with Gasteiger partial charge < -0.3 is 15.7 Å². The van der Waals surface area contributed by atoms with E-state index >= 15 is 0 Å². The van der Waals surface area contributed by atoms with Crippen molar-refractivity contribution in [2.75, 3.05) is 18.5 Å². The van der Waals surface area contributed by atoms with Crippen LogP contribution >= 0.6 is 0 Å². The molecule has 0 spiro atoms. The molecule has 17 heavy (non-hydrogen) atoms. The molecule has 2 atom stereocenters. The van der Waals surface area contributed by atoms with Gasteiger partial charge in [0, 0.05) is 19.6 Å². The van der Waals surface area contributed by atoms with Crippen LogP contribution in [0.1, 0.15) is 38.4 Å². The van der Waals surface area contributed by atoms with Gasteiger partial charge in [0.05, 0.1) is 23.7 Å². The minimum absolute atomic E-state index is 0.0202. The second-order valence-electron chi connectivity index (χ2n) is 4.52. The number of hydrogen-bond acceptors (Lipinski definition) is 4. The first kappa shape index (κ1) is 13.9. The molecule has 1 heterocycles. The fourth-order valence-corrected chi connectivity index (χ4v) is 1.56. The smallest absolute Gasteiger partial charge is 0.0572 e. The van der Waals surface area contributed by atoms with Crippen molar-refractivity contribution in [2.45, 2.75) is 38.8 Å². The number of aliphatic hydroxyl groups is 1. The Hall–Kier alpha value is -1.13. The molecule has 0 aliphatic rings. The highest BCUT2D eigenvalue weighted by Gasteiger charge is 2.07. The van der Waals surface area contributed by atoms with Crippen LogP contribution in [0, 0.1) is 0 Å². The Balaban J connectivity index is 2.60. The number of aromatic nitrogens is 1. The summed E-state index contributed by atoms with van der Waals surface area (Å²) in [6.45, 7) is 4.67. The maximum Gasteiger partial charge on any atom is 0.0572 e. The van der Waals surface area contributed by atoms with Gasteiger partial charge in [0.15, 0.2) is 0 Å². The van der Waals surface area contributed by atoms with Gasteiger partial charge in [0.2, 0.25) is 0 Å². The Labute approximate surface area is 103 Å². The minimum atomic E-state index is -0.266. The van der Waals surface area contributed by atoms with E-state index in [1.54, 1.807) is 6.92 Å². The van der Waals surface area contributed by atoms with Crippen LogP contribution in [0.2, 0.25) is 0 Å². The standard InChI is InChI=1S/C13H23N3O/c1-4-12(14)13-6-5-11(9-15-13)16(3)8-7-10(2)17/h5-6,9-10,12,17H,4,7-8,14H2,1-3H3/t10?,12-/m0/s1. The average molecular weight is 237 g/mol. The number of nitrogens with two attached hydrogens (primary N) is 1. The van der Waals surface area contributed by atoms with E-state index < -0.39 is 0 Å². The van der Waals surface area contributed by atoms with Gasteiger partial charge in [-0.2, -0.15) is 0 Å². The highest BCUT2D eigenvalue weighted by atomic mass is 16.3. The van der Waals surface area contributed by atoms with Crippen LogP contribution < -0.4 is 10.6 Å². The first-order chi connectivity index (χ1) is 8.04. The Morgan fingerprint density at radius 3 is 2.65 bits per heavy atom. The molecule has 0 amide bonds. The number of aliphatic hydroxyl groups excluding tert-OH is 1. The van der Waals surface area contributed by atoms with E-state index in [1.807, 2.05) is 25.4 Å². The summed E-state index contributed by atoms with van der Waals surface area (Å²) in [5.41, 5.74) is 7.89. The van der Waals surface area contributed by atoms with Crippen molar-refractivity contribution < 1.29 is 5.11 Å². The third-order valence-corrected chi connectivity index (χ3v) is 2.91. The fraction of sp³-hybridized carbons (Fsp3) is 0.615. The van der Waals surface area contributed by atoms with Crippen LogP contribution in [0.3, 0.4) is 0 Å². The molecule has 0 radical (unpaired) electrons. The molecule has 96 valence electrons. The number of rotatable bonds is 6. The summed E-state index contributed by atoms with van der Waals surface area (Å²) in [5.74, 6) is 0. The van der Waals surface area contributed by atoms with Gasteiger partial charge in [-0.25, -0.2) is 0 Å². The topological polar surface area (TPSA) is 62.4 Å². The molecular weight excluding hydrogens is 214 g/mol. The lowest BCUT2D eigenvalue weighted by molar-refractivity contribution is 0.187. The lowest BCUT2D eigenvalue weighted by atomic mass is 10.1. The number of hydrogen-bond donors (Lipinski definition) is 2. The van der Waals surface area contributed by atoms with Crippen molar-refractivity contribution in [3.8, 4) is 0 Å². The van der Waals surface area contributed by atoms with Crippen LogP contribution in [-0.4, -0.2) is 29.8 Å². The van der Waals surface area contributed by atoms with Crippen molar-refractivity contribution in [1.29, 1.82) is 0 Å². The van der Waals surface area contributed by atoms with Gasteiger partial charge in [-0.1, -0.05) is 6.92 Å². The van der Waals surface area contributed by atoms with E-state index in [-0.39, 0.29) is 12.1 Å². The molecule has 0 saturated carbocycles. The predicted octanol–water partition coefficient (Wildman–Crippen LogP) is 1.70. The molecular formula is C13H23N3O. The van der Waals surface area contributed by atoms with Crippen molar-refractivity contribution in [2.24, 2.45) is 5.73 Å². The second kappa shape index (κ2) is 6.57. The number of nitrogens with zero attached hydrogens (tertiary/aromatic N) is 2. The molecule has 4 nitrogen and oxygen atoms in total. The van der Waals surface area contributed by atoms with Gasteiger partial charge in [0.1, 0.15) is 0 Å². The summed E-state index contributed by atoms with van der Waals surface area (Å²) < 4.78 is 0. The SMILES string of the molecule is CC[C@H](N)c1ccc(N(C)CCC(C)O)cn1. The maximum absolute atomic E-state index is 9.24. The molecule has 0 fully saturated rings. The molecule has 4 heteroatoms. The third-order valence-electron chi connectivity index (χ3n) is 2.91. The van der Waals surface area contributed by atoms with Crippen LogP contribution in [0.25, 0.3) is 0 Å². The average Bonchev–Trinajstić information content (AvgIpc) is 2.35. The van der Waals surface area contributed by atoms with Crippen molar-refractivity contribution in [3.05, 3.63) is 24.0 Å². The highest BCUT2D eigenvalue weighted by molar-refractivity contribution is 5.43. The molecule has 1 rings (SSSR count). The third kappa shape index (κ3) is 4.32. The van der Waals surface area contributed by atoms with E-state index in [9.17, 15) is 5.11 Å². The maximum atomic E-state index is 9.24. The molecule has 1 aromatic rings. The Kier molecular flexibility index (Phi) is 5.38. The first-order valence-corrected chi connectivity index (χ1v) is 6.15. The molecule has 0 saturated heterocycles. The molecule has 0 aliphatic heterocycles. The zero-order valence-corrected chi connectivity index (χ0v) is 10.9. The van der Waals surface area contributed by atoms with Gasteiger partial charge in [-0.15, -0.1) is 0 Å². The van der Waals surface area contributed by atoms with Gasteiger partial charge >= 0.3 is 0 Å². The predicted molar refractivity (Wildman–Crippen MR) is 71.0 cm³/mol. The second-order valence-corrected chi connectivity index (χ2v) is 4.52. The van der Waals surface area contributed by atoms with Gasteiger partial charge in [-0.05, 0) is 31.9 Å². The Bertz CT molecular complexity index is 324. The summed E-state index contributed by atoms with van der Waals surface area (Å²) in [6, 6.07) is 4.02. The van der Waals surface area contributed by atoms with Crippen molar-refractivity contribution in [1.82, 2.24) is 4.98 Å². The summed E-state index contributed by atoms with van der Waals surface area (Å²) in [5, 5.41) is 9.24. The molecule has 1 aromatic heterocycles. The monoisotopic (exact) mass is 237 g/mol. The van der Waals surface area contributed by atoms with E-state index in [2.05, 4.69) is 16.8 Å². The molecule has 0 bridgehead atoms. The van der Waals surface area contributed by atoms with Crippen molar-refractivity contribution in [3.63, 3.8) is 0 Å². The first-order valence-electron chi connectivity index (χ1n) is 6.15. The molecule has 1 unspecified atom stereocenters. The summed E-state index contributed by atoms with van der Waals surface area (Å²) in [4.78, 5) is 6.45. The van der Waals surface area contributed by atoms with Gasteiger partial charge in [0.25, 0.3) is 0 Å². The zero-order chi connectivity index (χ0) is 12.8. The summed E-state index contributed by atoms with van der Waals surface area (Å²) >= 11 is 0. The van der Waals surface area contributed by atoms with Crippen LogP contribution in [0.4, 0.5) is 5.69 Å². The normalized spacial score (nSPS) is 14.4. The van der Waals surface area contributed by atoms with Crippen LogP contribution in [-0.2, 0) is 0 Å². The lowest BCUT2D eigenvalue weighted by Gasteiger charge is -2.20. The molecule has 3 N–H and O–H groups in total. The summed E-state index contributed by atoms with van der Waals surface area (Å²) in [6.07, 6.45) is 3.22. The van der Waals surface area contributed by atoms with E-state index in [4.69, 9.17) is 5.73 Å². The van der Waals surface area contributed by atoms with E-state index in [1.165, 1.54) is 0 Å². The Morgan fingerprint density at radius 2 is 2.18 bits per heavy atom. The largest absolute Gasteiger partial charge is 0.393 e. The van der Waals surface area contributed by atoms with Gasteiger partial charge in [-0.3, -0.25) is 4.98 Å².